The van der Waals surface area contributed by atoms with E-state index in [2.05, 4.69) is 5.32 Å². The third kappa shape index (κ3) is 3.69. The lowest BCUT2D eigenvalue weighted by atomic mass is 10.0. The number of hydrogen-bond acceptors (Lipinski definition) is 3. The molecule has 4 nitrogen and oxygen atoms in total. The number of hydrogen-bond donors (Lipinski definition) is 2. The maximum absolute atomic E-state index is 12.2. The van der Waals surface area contributed by atoms with Crippen molar-refractivity contribution in [2.75, 3.05) is 19.6 Å². The average Bonchev–Trinajstić information content (AvgIpc) is 3.19. The Kier molecular flexibility index (Phi) is 4.62. The number of piperidine rings is 1. The monoisotopic (exact) mass is 253 g/mol. The maximum atomic E-state index is 12.2. The summed E-state index contributed by atoms with van der Waals surface area (Å²) in [6.45, 7) is 6.86. The number of carbonyl (C=O) groups excluding carboxylic acids is 1. The molecule has 1 heterocycles. The Balaban J connectivity index is 1.79. The van der Waals surface area contributed by atoms with Crippen molar-refractivity contribution in [2.45, 2.75) is 51.6 Å². The van der Waals surface area contributed by atoms with Crippen molar-refractivity contribution in [1.29, 1.82) is 0 Å². The molecule has 0 bridgehead atoms. The first-order chi connectivity index (χ1) is 8.58. The zero-order chi connectivity index (χ0) is 13.1. The zero-order valence-corrected chi connectivity index (χ0v) is 11.7. The molecule has 18 heavy (non-hydrogen) atoms. The van der Waals surface area contributed by atoms with Crippen LogP contribution in [0.15, 0.2) is 0 Å². The smallest absolute Gasteiger partial charge is 0.239 e. The fourth-order valence-electron chi connectivity index (χ4n) is 2.50. The summed E-state index contributed by atoms with van der Waals surface area (Å²) in [5, 5.41) is 3.60. The van der Waals surface area contributed by atoms with E-state index in [9.17, 15) is 4.79 Å². The van der Waals surface area contributed by atoms with Gasteiger partial charge >= 0.3 is 0 Å². The molecule has 4 heteroatoms. The number of carbonyl (C=O) groups is 1. The van der Waals surface area contributed by atoms with Crippen molar-refractivity contribution in [1.82, 2.24) is 10.2 Å². The first-order valence-corrected chi connectivity index (χ1v) is 7.35. The third-order valence-electron chi connectivity index (χ3n) is 4.13. The molecular formula is C14H27N3O. The van der Waals surface area contributed by atoms with Gasteiger partial charge in [0.05, 0.1) is 6.04 Å². The first kappa shape index (κ1) is 13.8. The van der Waals surface area contributed by atoms with E-state index in [4.69, 9.17) is 5.73 Å². The van der Waals surface area contributed by atoms with Crippen molar-refractivity contribution in [3.8, 4) is 0 Å². The average molecular weight is 253 g/mol. The molecule has 0 radical (unpaired) electrons. The minimum atomic E-state index is -0.341. The Labute approximate surface area is 110 Å². The molecule has 2 atom stereocenters. The predicted molar refractivity (Wildman–Crippen MR) is 73.1 cm³/mol. The Bertz CT molecular complexity index is 289. The van der Waals surface area contributed by atoms with Gasteiger partial charge in [0.2, 0.25) is 5.91 Å². The second-order valence-electron chi connectivity index (χ2n) is 6.24. The molecule has 0 aromatic heterocycles. The largest absolute Gasteiger partial charge is 0.340 e. The van der Waals surface area contributed by atoms with Gasteiger partial charge in [-0.05, 0) is 44.1 Å². The van der Waals surface area contributed by atoms with Crippen LogP contribution in [0.4, 0.5) is 0 Å². The minimum absolute atomic E-state index is 0.128. The highest BCUT2D eigenvalue weighted by molar-refractivity contribution is 5.82. The summed E-state index contributed by atoms with van der Waals surface area (Å²) in [5.41, 5.74) is 5.96. The second kappa shape index (κ2) is 6.02. The molecule has 2 rings (SSSR count). The van der Waals surface area contributed by atoms with Crippen LogP contribution in [-0.4, -0.2) is 42.5 Å². The molecule has 0 spiro atoms. The molecule has 1 amide bonds. The Morgan fingerprint density at radius 3 is 2.72 bits per heavy atom. The first-order valence-electron chi connectivity index (χ1n) is 7.35. The predicted octanol–water partition coefficient (Wildman–Crippen LogP) is 0.960. The van der Waals surface area contributed by atoms with Crippen molar-refractivity contribution < 1.29 is 4.79 Å². The summed E-state index contributed by atoms with van der Waals surface area (Å²) in [6.07, 6.45) is 5.04. The molecule has 3 N–H and O–H groups in total. The van der Waals surface area contributed by atoms with Gasteiger partial charge in [-0.2, -0.15) is 0 Å². The summed E-state index contributed by atoms with van der Waals surface area (Å²) in [5.74, 6) is 1.24. The summed E-state index contributed by atoms with van der Waals surface area (Å²) in [4.78, 5) is 14.2. The Morgan fingerprint density at radius 2 is 2.11 bits per heavy atom. The van der Waals surface area contributed by atoms with Crippen LogP contribution >= 0.6 is 0 Å². The van der Waals surface area contributed by atoms with Gasteiger partial charge in [0, 0.05) is 19.1 Å². The van der Waals surface area contributed by atoms with E-state index in [1.165, 1.54) is 19.3 Å². The van der Waals surface area contributed by atoms with E-state index >= 15 is 0 Å². The van der Waals surface area contributed by atoms with Gasteiger partial charge in [-0.3, -0.25) is 4.79 Å². The number of rotatable bonds is 5. The van der Waals surface area contributed by atoms with Gasteiger partial charge in [0.25, 0.3) is 0 Å². The number of amides is 1. The highest BCUT2D eigenvalue weighted by Gasteiger charge is 2.29. The van der Waals surface area contributed by atoms with E-state index in [-0.39, 0.29) is 17.9 Å². The quantitative estimate of drug-likeness (QED) is 0.767. The second-order valence-corrected chi connectivity index (χ2v) is 6.24. The number of nitrogens with one attached hydrogen (secondary N) is 1. The molecule has 2 aliphatic rings. The topological polar surface area (TPSA) is 58.4 Å². The van der Waals surface area contributed by atoms with Crippen molar-refractivity contribution in [2.24, 2.45) is 17.6 Å². The molecular weight excluding hydrogens is 226 g/mol. The molecule has 1 aliphatic carbocycles. The molecule has 1 saturated carbocycles. The molecule has 0 unspecified atom stereocenters. The van der Waals surface area contributed by atoms with Crippen LogP contribution < -0.4 is 11.1 Å². The lowest BCUT2D eigenvalue weighted by Gasteiger charge is -2.35. The van der Waals surface area contributed by atoms with Gasteiger partial charge in [-0.25, -0.2) is 0 Å². The van der Waals surface area contributed by atoms with Crippen LogP contribution in [0, 0.1) is 11.8 Å². The maximum Gasteiger partial charge on any atom is 0.239 e. The van der Waals surface area contributed by atoms with E-state index in [1.807, 2.05) is 18.7 Å². The summed E-state index contributed by atoms with van der Waals surface area (Å²) in [6, 6.07) is 0.134. The van der Waals surface area contributed by atoms with Gasteiger partial charge in [0.15, 0.2) is 0 Å². The summed E-state index contributed by atoms with van der Waals surface area (Å²) < 4.78 is 0. The normalized spacial score (nSPS) is 26.4. The van der Waals surface area contributed by atoms with Crippen molar-refractivity contribution >= 4 is 5.91 Å². The zero-order valence-electron chi connectivity index (χ0n) is 11.7. The van der Waals surface area contributed by atoms with Crippen molar-refractivity contribution in [3.63, 3.8) is 0 Å². The van der Waals surface area contributed by atoms with E-state index in [1.54, 1.807) is 0 Å². The fraction of sp³-hybridized carbons (Fsp3) is 0.929. The Morgan fingerprint density at radius 1 is 1.39 bits per heavy atom. The van der Waals surface area contributed by atoms with Crippen LogP contribution in [-0.2, 0) is 4.79 Å². The van der Waals surface area contributed by atoms with E-state index in [0.717, 1.165) is 32.0 Å². The van der Waals surface area contributed by atoms with Crippen LogP contribution in [0.1, 0.15) is 39.5 Å². The standard InChI is InChI=1S/C14H27N3O/c1-10(2)13(15)14(18)17-7-3-4-12(9-17)16-8-11-5-6-11/h10-13,16H,3-9,15H2,1-2H3/t12-,13+/m1/s1. The number of nitrogens with two attached hydrogens (primary N) is 1. The SMILES string of the molecule is CC(C)[C@H](N)C(=O)N1CCC[C@@H](NCC2CC2)C1. The number of nitrogens with zero attached hydrogens (tertiary/aromatic N) is 1. The van der Waals surface area contributed by atoms with Crippen LogP contribution in [0.2, 0.25) is 0 Å². The van der Waals surface area contributed by atoms with Gasteiger partial charge < -0.3 is 16.0 Å². The third-order valence-corrected chi connectivity index (χ3v) is 4.13. The minimum Gasteiger partial charge on any atom is -0.340 e. The molecule has 1 saturated heterocycles. The number of likely N-dealkylation sites (tertiary alicyclic amines) is 1. The lowest BCUT2D eigenvalue weighted by Crippen LogP contribution is -2.53. The van der Waals surface area contributed by atoms with E-state index in [0.29, 0.717) is 6.04 Å². The highest BCUT2D eigenvalue weighted by atomic mass is 16.2. The van der Waals surface area contributed by atoms with E-state index < -0.39 is 0 Å². The van der Waals surface area contributed by atoms with Crippen LogP contribution in [0.3, 0.4) is 0 Å². The van der Waals surface area contributed by atoms with Crippen LogP contribution in [0.5, 0.6) is 0 Å². The van der Waals surface area contributed by atoms with Gasteiger partial charge in [-0.15, -0.1) is 0 Å². The van der Waals surface area contributed by atoms with Gasteiger partial charge in [0.1, 0.15) is 0 Å². The molecule has 2 fully saturated rings. The summed E-state index contributed by atoms with van der Waals surface area (Å²) >= 11 is 0. The summed E-state index contributed by atoms with van der Waals surface area (Å²) in [7, 11) is 0. The van der Waals surface area contributed by atoms with Gasteiger partial charge in [-0.1, -0.05) is 13.8 Å². The Hall–Kier alpha value is -0.610. The molecule has 1 aliphatic heterocycles. The fourth-order valence-corrected chi connectivity index (χ4v) is 2.50. The van der Waals surface area contributed by atoms with Crippen LogP contribution in [0.25, 0.3) is 0 Å². The highest BCUT2D eigenvalue weighted by Crippen LogP contribution is 2.28. The molecule has 0 aromatic rings. The van der Waals surface area contributed by atoms with Crippen molar-refractivity contribution in [3.05, 3.63) is 0 Å². The lowest BCUT2D eigenvalue weighted by molar-refractivity contribution is -0.134. The molecule has 0 aromatic carbocycles. The molecule has 104 valence electrons.